The van der Waals surface area contributed by atoms with Crippen molar-refractivity contribution in [3.63, 3.8) is 0 Å². The van der Waals surface area contributed by atoms with Crippen LogP contribution in [0.4, 0.5) is 0 Å². The second-order valence-electron chi connectivity index (χ2n) is 11.2. The Morgan fingerprint density at radius 1 is 0.404 bits per heavy atom. The van der Waals surface area contributed by atoms with Crippen molar-refractivity contribution >= 4 is 10.8 Å². The van der Waals surface area contributed by atoms with Crippen molar-refractivity contribution in [3.8, 4) is 67.4 Å². The molecule has 3 nitrogen and oxygen atoms in total. The molecule has 225 valence electrons. The summed E-state index contributed by atoms with van der Waals surface area (Å²) in [6.45, 7) is 0. The molecule has 0 N–H and O–H groups in total. The molecule has 0 bridgehead atoms. The summed E-state index contributed by atoms with van der Waals surface area (Å²) in [4.78, 5) is 15.1. The predicted octanol–water partition coefficient (Wildman–Crippen LogP) is 10.8. The van der Waals surface area contributed by atoms with Gasteiger partial charge in [0.05, 0.1) is 11.4 Å². The maximum absolute atomic E-state index is 5.19. The van der Waals surface area contributed by atoms with Crippen LogP contribution in [0.15, 0.2) is 170 Å². The molecular formula is C43H28IrN3-. The van der Waals surface area contributed by atoms with Crippen molar-refractivity contribution in [3.05, 3.63) is 176 Å². The quantitative estimate of drug-likeness (QED) is 0.158. The van der Waals surface area contributed by atoms with Crippen molar-refractivity contribution in [1.29, 1.82) is 0 Å². The molecule has 0 aliphatic heterocycles. The summed E-state index contributed by atoms with van der Waals surface area (Å²) >= 11 is 0. The van der Waals surface area contributed by atoms with E-state index in [9.17, 15) is 0 Å². The Labute approximate surface area is 288 Å². The number of pyridine rings is 1. The van der Waals surface area contributed by atoms with Crippen molar-refractivity contribution in [2.24, 2.45) is 0 Å². The molecule has 6 aromatic carbocycles. The van der Waals surface area contributed by atoms with E-state index in [2.05, 4.69) is 133 Å². The van der Waals surface area contributed by atoms with Gasteiger partial charge in [-0.05, 0) is 44.8 Å². The Hall–Kier alpha value is -5.54. The normalized spacial score (nSPS) is 10.8. The van der Waals surface area contributed by atoms with Crippen LogP contribution in [-0.4, -0.2) is 15.0 Å². The minimum atomic E-state index is 0. The van der Waals surface area contributed by atoms with Crippen LogP contribution in [0.5, 0.6) is 0 Å². The van der Waals surface area contributed by atoms with E-state index >= 15 is 0 Å². The van der Waals surface area contributed by atoms with Crippen LogP contribution in [0.2, 0.25) is 0 Å². The fraction of sp³-hybridized carbons (Fsp3) is 0. The molecule has 0 aliphatic carbocycles. The summed E-state index contributed by atoms with van der Waals surface area (Å²) in [6.07, 6.45) is 1.92. The molecule has 8 rings (SSSR count). The van der Waals surface area contributed by atoms with Crippen LogP contribution in [0.3, 0.4) is 0 Å². The Bertz CT molecular complexity index is 2300. The van der Waals surface area contributed by atoms with E-state index in [1.165, 1.54) is 11.1 Å². The van der Waals surface area contributed by atoms with Crippen molar-refractivity contribution < 1.29 is 20.1 Å². The molecule has 0 saturated carbocycles. The fourth-order valence-corrected chi connectivity index (χ4v) is 5.89. The van der Waals surface area contributed by atoms with Gasteiger partial charge in [-0.1, -0.05) is 145 Å². The van der Waals surface area contributed by atoms with Gasteiger partial charge >= 0.3 is 0 Å². The van der Waals surface area contributed by atoms with E-state index in [-0.39, 0.29) is 20.1 Å². The summed E-state index contributed by atoms with van der Waals surface area (Å²) in [5.41, 5.74) is 11.1. The van der Waals surface area contributed by atoms with Gasteiger partial charge in [-0.3, -0.25) is 0 Å². The topological polar surface area (TPSA) is 38.7 Å². The van der Waals surface area contributed by atoms with E-state index < -0.39 is 0 Å². The van der Waals surface area contributed by atoms with Crippen LogP contribution in [0, 0.1) is 6.07 Å². The summed E-state index contributed by atoms with van der Waals surface area (Å²) in [5.74, 6) is 0.651. The van der Waals surface area contributed by atoms with Gasteiger partial charge in [0.1, 0.15) is 5.82 Å². The molecule has 4 heteroatoms. The maximum atomic E-state index is 5.19. The molecule has 1 radical (unpaired) electrons. The third-order valence-corrected chi connectivity index (χ3v) is 8.27. The first-order valence-electron chi connectivity index (χ1n) is 15.4. The average Bonchev–Trinajstić information content (AvgIpc) is 3.15. The summed E-state index contributed by atoms with van der Waals surface area (Å²) < 4.78 is 0. The number of benzene rings is 6. The van der Waals surface area contributed by atoms with E-state index in [1.54, 1.807) is 0 Å². The first kappa shape index (κ1) is 30.1. The first-order chi connectivity index (χ1) is 22.8. The molecule has 47 heavy (non-hydrogen) atoms. The van der Waals surface area contributed by atoms with Crippen LogP contribution in [-0.2, 0) is 20.1 Å². The summed E-state index contributed by atoms with van der Waals surface area (Å²) in [6, 6.07) is 59.8. The third-order valence-electron chi connectivity index (χ3n) is 8.27. The smallest absolute Gasteiger partial charge is 0.142 e. The Balaban J connectivity index is 0.00000351. The average molecular weight is 779 g/mol. The van der Waals surface area contributed by atoms with Gasteiger partial charge in [-0.2, -0.15) is 0 Å². The molecule has 0 atom stereocenters. The van der Waals surface area contributed by atoms with Gasteiger partial charge in [0, 0.05) is 37.4 Å². The molecule has 0 saturated heterocycles. The third kappa shape index (κ3) is 6.30. The number of aromatic nitrogens is 3. The number of hydrogen-bond donors (Lipinski definition) is 0. The summed E-state index contributed by atoms with van der Waals surface area (Å²) in [5, 5.41) is 2.25. The van der Waals surface area contributed by atoms with Gasteiger partial charge in [0.25, 0.3) is 0 Å². The zero-order chi connectivity index (χ0) is 30.7. The van der Waals surface area contributed by atoms with E-state index in [1.807, 2.05) is 42.6 Å². The molecular weight excluding hydrogens is 751 g/mol. The predicted molar refractivity (Wildman–Crippen MR) is 189 cm³/mol. The minimum Gasteiger partial charge on any atom is -0.304 e. The SMILES string of the molecule is [Ir].[c-]1ccc(-c2nc(-c3ccc(-c4ccccc4)cc3)cc(-c3ccccc3-c3ccccc3)n2)cc1-c1cc2ccccc2cn1. The zero-order valence-electron chi connectivity index (χ0n) is 25.3. The Morgan fingerprint density at radius 3 is 1.77 bits per heavy atom. The number of nitrogens with zero attached hydrogens (tertiary/aromatic N) is 3. The second-order valence-corrected chi connectivity index (χ2v) is 11.2. The van der Waals surface area contributed by atoms with E-state index in [0.717, 1.165) is 61.2 Å². The second kappa shape index (κ2) is 13.4. The van der Waals surface area contributed by atoms with E-state index in [4.69, 9.17) is 15.0 Å². The van der Waals surface area contributed by atoms with E-state index in [0.29, 0.717) is 5.82 Å². The van der Waals surface area contributed by atoms with Crippen molar-refractivity contribution in [1.82, 2.24) is 15.0 Å². The standard InChI is InChI=1S/C43H28N3.Ir/c1-3-12-30(13-4-1)31-22-24-33(25-23-31)41-28-42(39-21-10-9-20-38(39)32-14-5-2-6-15-32)46-43(45-41)36-19-11-18-35(26-36)40-27-34-16-7-8-17-37(34)29-44-40;/h1-17,19-29H;/q-1;. The van der Waals surface area contributed by atoms with Gasteiger partial charge < -0.3 is 4.98 Å². The molecule has 8 aromatic rings. The minimum absolute atomic E-state index is 0. The van der Waals surface area contributed by atoms with Crippen molar-refractivity contribution in [2.75, 3.05) is 0 Å². The van der Waals surface area contributed by atoms with Gasteiger partial charge in [0.15, 0.2) is 0 Å². The molecule has 0 spiro atoms. The molecule has 0 unspecified atom stereocenters. The number of rotatable bonds is 6. The first-order valence-corrected chi connectivity index (χ1v) is 15.4. The van der Waals surface area contributed by atoms with Crippen LogP contribution in [0.1, 0.15) is 0 Å². The largest absolute Gasteiger partial charge is 0.304 e. The zero-order valence-corrected chi connectivity index (χ0v) is 27.7. The molecule has 0 fully saturated rings. The van der Waals surface area contributed by atoms with Crippen LogP contribution < -0.4 is 0 Å². The maximum Gasteiger partial charge on any atom is 0.142 e. The van der Waals surface area contributed by atoms with Gasteiger partial charge in [0.2, 0.25) is 0 Å². The molecule has 0 aliphatic rings. The summed E-state index contributed by atoms with van der Waals surface area (Å²) in [7, 11) is 0. The van der Waals surface area contributed by atoms with Crippen LogP contribution in [0.25, 0.3) is 78.2 Å². The Morgan fingerprint density at radius 2 is 1.00 bits per heavy atom. The Kier molecular flexibility index (Phi) is 8.62. The van der Waals surface area contributed by atoms with Crippen molar-refractivity contribution in [2.45, 2.75) is 0 Å². The number of fused-ring (bicyclic) bond motifs is 1. The molecule has 2 aromatic heterocycles. The number of hydrogen-bond acceptors (Lipinski definition) is 3. The molecule has 0 amide bonds. The van der Waals surface area contributed by atoms with Gasteiger partial charge in [-0.25, -0.2) is 9.97 Å². The molecule has 2 heterocycles. The fourth-order valence-electron chi connectivity index (χ4n) is 5.89. The monoisotopic (exact) mass is 779 g/mol. The van der Waals surface area contributed by atoms with Gasteiger partial charge in [-0.15, -0.1) is 29.8 Å². The van der Waals surface area contributed by atoms with Crippen LogP contribution >= 0.6 is 0 Å².